The molecule has 0 aromatic carbocycles. The van der Waals surface area contributed by atoms with E-state index in [1.54, 1.807) is 21.0 Å². The van der Waals surface area contributed by atoms with Gasteiger partial charge in [-0.05, 0) is 13.8 Å². The van der Waals surface area contributed by atoms with Crippen molar-refractivity contribution in [1.82, 2.24) is 0 Å². The Morgan fingerprint density at radius 2 is 1.67 bits per heavy atom. The average Bonchev–Trinajstić information content (AvgIpc) is 1.35. The van der Waals surface area contributed by atoms with Gasteiger partial charge in [-0.15, -0.1) is 0 Å². The molecule has 0 saturated carbocycles. The molecule has 1 nitrogen and oxygen atoms in total. The Morgan fingerprint density at radius 3 is 1.67 bits per heavy atom. The van der Waals surface area contributed by atoms with E-state index in [-0.39, 0.29) is 0 Å². The smallest absolute Gasteiger partial charge is 0.135 e. The Bertz CT molecular complexity index is 37.3. The number of hydrogen-bond acceptors (Lipinski definition) is 1. The van der Waals surface area contributed by atoms with Crippen LogP contribution in [0.1, 0.15) is 13.8 Å². The molecule has 0 aliphatic rings. The monoisotopic (exact) mass is 108 g/mol. The fraction of sp³-hybridized carbons (Fsp3) is 1.00. The maximum absolute atomic E-state index is 5.50. The Hall–Kier alpha value is 0.250. The molecule has 0 unspecified atom stereocenters. The number of alkyl halides is 1. The van der Waals surface area contributed by atoms with Crippen LogP contribution >= 0.6 is 11.6 Å². The second-order valence-corrected chi connectivity index (χ2v) is 2.48. The normalized spacial score (nSPS) is 12.0. The molecule has 0 N–H and O–H groups in total. The molecule has 2 heteroatoms. The fourth-order valence-electron chi connectivity index (χ4n) is 0. The van der Waals surface area contributed by atoms with Crippen LogP contribution in [0.4, 0.5) is 0 Å². The summed E-state index contributed by atoms with van der Waals surface area (Å²) in [6.07, 6.45) is 0. The molecular formula is C4H9ClO. The van der Waals surface area contributed by atoms with Crippen LogP contribution in [0, 0.1) is 0 Å². The standard InChI is InChI=1S/C4H9ClO/c1-4(2,5)6-3/h1-3H3. The molecule has 0 aliphatic carbocycles. The molecule has 0 radical (unpaired) electrons. The van der Waals surface area contributed by atoms with Gasteiger partial charge < -0.3 is 4.74 Å². The van der Waals surface area contributed by atoms with E-state index in [2.05, 4.69) is 0 Å². The van der Waals surface area contributed by atoms with Crippen LogP contribution in [0.25, 0.3) is 0 Å². The molecule has 0 aromatic rings. The van der Waals surface area contributed by atoms with Crippen molar-refractivity contribution in [3.63, 3.8) is 0 Å². The van der Waals surface area contributed by atoms with E-state index in [4.69, 9.17) is 16.3 Å². The molecule has 0 amide bonds. The van der Waals surface area contributed by atoms with Crippen LogP contribution in [-0.2, 0) is 4.74 Å². The van der Waals surface area contributed by atoms with Gasteiger partial charge in [-0.2, -0.15) is 0 Å². The van der Waals surface area contributed by atoms with E-state index >= 15 is 0 Å². The van der Waals surface area contributed by atoms with Gasteiger partial charge in [0.25, 0.3) is 0 Å². The highest BCUT2D eigenvalue weighted by atomic mass is 35.5. The maximum Gasteiger partial charge on any atom is 0.135 e. The molecule has 0 bridgehead atoms. The zero-order valence-electron chi connectivity index (χ0n) is 4.29. The summed E-state index contributed by atoms with van der Waals surface area (Å²) in [6, 6.07) is 0. The minimum absolute atomic E-state index is 0.486. The second kappa shape index (κ2) is 1.80. The molecule has 0 atom stereocenters. The van der Waals surface area contributed by atoms with E-state index in [1.807, 2.05) is 0 Å². The van der Waals surface area contributed by atoms with Crippen molar-refractivity contribution in [3.8, 4) is 0 Å². The van der Waals surface area contributed by atoms with E-state index in [9.17, 15) is 0 Å². The molecule has 0 spiro atoms. The Labute approximate surface area is 43.3 Å². The second-order valence-electron chi connectivity index (χ2n) is 1.57. The highest BCUT2D eigenvalue weighted by molar-refractivity contribution is 6.22. The molecule has 38 valence electrons. The van der Waals surface area contributed by atoms with Crippen molar-refractivity contribution < 1.29 is 4.74 Å². The molecule has 0 aliphatic heterocycles. The lowest BCUT2D eigenvalue weighted by molar-refractivity contribution is 0.0965. The highest BCUT2D eigenvalue weighted by Crippen LogP contribution is 2.10. The maximum atomic E-state index is 5.50. The molecule has 0 aromatic heterocycles. The third-order valence-electron chi connectivity index (χ3n) is 0.485. The summed E-state index contributed by atoms with van der Waals surface area (Å²) in [5.74, 6) is 0. The van der Waals surface area contributed by atoms with Gasteiger partial charge >= 0.3 is 0 Å². The Balaban J connectivity index is 3.17. The first kappa shape index (κ1) is 6.25. The van der Waals surface area contributed by atoms with Crippen LogP contribution in [0.15, 0.2) is 0 Å². The van der Waals surface area contributed by atoms with E-state index in [1.165, 1.54) is 0 Å². The van der Waals surface area contributed by atoms with E-state index in [0.29, 0.717) is 0 Å². The lowest BCUT2D eigenvalue weighted by Crippen LogP contribution is -2.11. The molecule has 0 saturated heterocycles. The molecular weight excluding hydrogens is 99.5 g/mol. The summed E-state index contributed by atoms with van der Waals surface area (Å²) in [5, 5.41) is -0.486. The quantitative estimate of drug-likeness (QED) is 0.464. The van der Waals surface area contributed by atoms with Crippen molar-refractivity contribution in [2.75, 3.05) is 7.11 Å². The SMILES string of the molecule is COC(C)(C)Cl. The lowest BCUT2D eigenvalue weighted by atomic mass is 10.5. The summed E-state index contributed by atoms with van der Waals surface area (Å²) in [4.78, 5) is 0. The first-order chi connectivity index (χ1) is 2.56. The van der Waals surface area contributed by atoms with Gasteiger partial charge in [0.05, 0.1) is 0 Å². The number of methoxy groups -OCH3 is 1. The van der Waals surface area contributed by atoms with Crippen LogP contribution in [-0.4, -0.2) is 12.2 Å². The third-order valence-corrected chi connectivity index (χ3v) is 0.640. The number of rotatable bonds is 1. The molecule has 0 heterocycles. The minimum atomic E-state index is -0.486. The van der Waals surface area contributed by atoms with Gasteiger partial charge in [0.15, 0.2) is 0 Å². The molecule has 0 rings (SSSR count). The van der Waals surface area contributed by atoms with E-state index in [0.717, 1.165) is 0 Å². The van der Waals surface area contributed by atoms with Crippen molar-refractivity contribution in [1.29, 1.82) is 0 Å². The zero-order valence-corrected chi connectivity index (χ0v) is 5.04. The Kier molecular flexibility index (Phi) is 1.88. The topological polar surface area (TPSA) is 9.23 Å². The summed E-state index contributed by atoms with van der Waals surface area (Å²) >= 11 is 5.50. The summed E-state index contributed by atoms with van der Waals surface area (Å²) in [5.41, 5.74) is 0. The highest BCUT2D eigenvalue weighted by Gasteiger charge is 2.07. The minimum Gasteiger partial charge on any atom is -0.364 e. The predicted molar refractivity (Wildman–Crippen MR) is 26.9 cm³/mol. The van der Waals surface area contributed by atoms with Crippen LogP contribution in [0.5, 0.6) is 0 Å². The van der Waals surface area contributed by atoms with Gasteiger partial charge in [0.2, 0.25) is 0 Å². The summed E-state index contributed by atoms with van der Waals surface area (Å²) < 4.78 is 4.70. The van der Waals surface area contributed by atoms with Gasteiger partial charge in [-0.25, -0.2) is 0 Å². The Morgan fingerprint density at radius 1 is 1.50 bits per heavy atom. The van der Waals surface area contributed by atoms with Crippen molar-refractivity contribution in [2.24, 2.45) is 0 Å². The predicted octanol–water partition coefficient (Wildman–Crippen LogP) is 1.61. The number of halogens is 1. The van der Waals surface area contributed by atoms with Gasteiger partial charge in [0.1, 0.15) is 5.06 Å². The van der Waals surface area contributed by atoms with Crippen molar-refractivity contribution in [3.05, 3.63) is 0 Å². The third kappa shape index (κ3) is 4.25. The van der Waals surface area contributed by atoms with Crippen LogP contribution in [0.3, 0.4) is 0 Å². The summed E-state index contributed by atoms with van der Waals surface area (Å²) in [7, 11) is 1.58. The average molecular weight is 109 g/mol. The number of ether oxygens (including phenoxy) is 1. The molecule has 0 fully saturated rings. The van der Waals surface area contributed by atoms with Gasteiger partial charge in [-0.3, -0.25) is 0 Å². The van der Waals surface area contributed by atoms with Gasteiger partial charge in [-0.1, -0.05) is 11.6 Å². The summed E-state index contributed by atoms with van der Waals surface area (Å²) in [6.45, 7) is 3.57. The van der Waals surface area contributed by atoms with Crippen LogP contribution < -0.4 is 0 Å². The van der Waals surface area contributed by atoms with Crippen molar-refractivity contribution in [2.45, 2.75) is 18.9 Å². The number of hydrogen-bond donors (Lipinski definition) is 0. The fourth-order valence-corrected chi connectivity index (χ4v) is 0. The van der Waals surface area contributed by atoms with Crippen LogP contribution in [0.2, 0.25) is 0 Å². The van der Waals surface area contributed by atoms with E-state index < -0.39 is 5.06 Å². The first-order valence-corrected chi connectivity index (χ1v) is 2.18. The zero-order chi connectivity index (χ0) is 5.21. The lowest BCUT2D eigenvalue weighted by Gasteiger charge is -2.10. The van der Waals surface area contributed by atoms with Crippen molar-refractivity contribution >= 4 is 11.6 Å². The first-order valence-electron chi connectivity index (χ1n) is 1.80. The largest absolute Gasteiger partial charge is 0.364 e. The van der Waals surface area contributed by atoms with Gasteiger partial charge in [0, 0.05) is 7.11 Å². The molecule has 6 heavy (non-hydrogen) atoms.